The highest BCUT2D eigenvalue weighted by atomic mass is 79.9. The van der Waals surface area contributed by atoms with Gasteiger partial charge in [-0.15, -0.1) is 0 Å². The quantitative estimate of drug-likeness (QED) is 0.569. The Balaban J connectivity index is 2.20. The second-order valence-corrected chi connectivity index (χ2v) is 5.76. The van der Waals surface area contributed by atoms with Gasteiger partial charge in [0.1, 0.15) is 0 Å². The Morgan fingerprint density at radius 3 is 2.43 bits per heavy atom. The standard InChI is InChI=1S/C16H12BrF3N2O/c1-2-21-13-6-4-3-5-11(13)12-9-10(7-8-14(12)21)22(17)15(23)16(18,19)20/h3-9H,2H2,1H3. The van der Waals surface area contributed by atoms with Crippen molar-refractivity contribution < 1.29 is 18.0 Å². The molecule has 120 valence electrons. The Labute approximate surface area is 138 Å². The number of fused-ring (bicyclic) bond motifs is 3. The molecule has 0 N–H and O–H groups in total. The Bertz CT molecular complexity index is 901. The van der Waals surface area contributed by atoms with Gasteiger partial charge >= 0.3 is 12.1 Å². The molecule has 3 rings (SSSR count). The van der Waals surface area contributed by atoms with E-state index in [2.05, 4.69) is 20.7 Å². The Morgan fingerprint density at radius 1 is 1.13 bits per heavy atom. The molecule has 0 aliphatic carbocycles. The zero-order valence-corrected chi connectivity index (χ0v) is 13.6. The first-order valence-corrected chi connectivity index (χ1v) is 7.63. The molecule has 0 aliphatic heterocycles. The minimum absolute atomic E-state index is 0.138. The lowest BCUT2D eigenvalue weighted by Gasteiger charge is -2.16. The summed E-state index contributed by atoms with van der Waals surface area (Å²) in [6.45, 7) is 2.74. The van der Waals surface area contributed by atoms with E-state index in [9.17, 15) is 18.0 Å². The average Bonchev–Trinajstić information content (AvgIpc) is 2.85. The molecule has 0 saturated heterocycles. The molecule has 0 atom stereocenters. The second kappa shape index (κ2) is 5.56. The van der Waals surface area contributed by atoms with Crippen LogP contribution in [0, 0.1) is 0 Å². The zero-order chi connectivity index (χ0) is 16.8. The van der Waals surface area contributed by atoms with E-state index in [4.69, 9.17) is 0 Å². The van der Waals surface area contributed by atoms with E-state index >= 15 is 0 Å². The molecule has 1 amide bonds. The van der Waals surface area contributed by atoms with Crippen LogP contribution in [0.3, 0.4) is 0 Å². The van der Waals surface area contributed by atoms with Crippen molar-refractivity contribution in [2.24, 2.45) is 0 Å². The van der Waals surface area contributed by atoms with Crippen LogP contribution in [0.1, 0.15) is 6.92 Å². The summed E-state index contributed by atoms with van der Waals surface area (Å²) in [5.41, 5.74) is 2.06. The molecule has 3 aromatic rings. The number of aryl methyl sites for hydroxylation is 1. The summed E-state index contributed by atoms with van der Waals surface area (Å²) in [6.07, 6.45) is -4.93. The molecule has 2 aromatic carbocycles. The van der Waals surface area contributed by atoms with Crippen molar-refractivity contribution in [3.8, 4) is 0 Å². The summed E-state index contributed by atoms with van der Waals surface area (Å²) in [5.74, 6) is -1.96. The van der Waals surface area contributed by atoms with Crippen LogP contribution in [0.5, 0.6) is 0 Å². The smallest absolute Gasteiger partial charge is 0.341 e. The normalized spacial score (nSPS) is 12.0. The van der Waals surface area contributed by atoms with Crippen molar-refractivity contribution in [1.29, 1.82) is 0 Å². The number of carbonyl (C=O) groups excluding carboxylic acids is 1. The molecule has 7 heteroatoms. The van der Waals surface area contributed by atoms with E-state index in [1.807, 2.05) is 31.2 Å². The lowest BCUT2D eigenvalue weighted by molar-refractivity contribution is -0.168. The van der Waals surface area contributed by atoms with Crippen molar-refractivity contribution in [3.05, 3.63) is 42.5 Å². The highest BCUT2D eigenvalue weighted by Gasteiger charge is 2.42. The topological polar surface area (TPSA) is 25.2 Å². The summed E-state index contributed by atoms with van der Waals surface area (Å²) in [4.78, 5) is 11.4. The van der Waals surface area contributed by atoms with Gasteiger partial charge in [-0.25, -0.2) is 3.93 Å². The van der Waals surface area contributed by atoms with Gasteiger partial charge < -0.3 is 4.57 Å². The third kappa shape index (κ3) is 2.59. The lowest BCUT2D eigenvalue weighted by Crippen LogP contribution is -2.34. The highest BCUT2D eigenvalue weighted by Crippen LogP contribution is 2.34. The molecule has 0 radical (unpaired) electrons. The number of anilines is 1. The number of hydrogen-bond acceptors (Lipinski definition) is 1. The van der Waals surface area contributed by atoms with Gasteiger partial charge in [0.15, 0.2) is 0 Å². The number of alkyl halides is 3. The van der Waals surface area contributed by atoms with Gasteiger partial charge in [-0.05, 0) is 31.2 Å². The van der Waals surface area contributed by atoms with Gasteiger partial charge in [0.2, 0.25) is 0 Å². The third-order valence-corrected chi connectivity index (χ3v) is 4.45. The molecule has 3 nitrogen and oxygen atoms in total. The van der Waals surface area contributed by atoms with E-state index in [-0.39, 0.29) is 5.69 Å². The fourth-order valence-electron chi connectivity index (χ4n) is 2.73. The number of rotatable bonds is 2. The van der Waals surface area contributed by atoms with Crippen LogP contribution >= 0.6 is 16.1 Å². The van der Waals surface area contributed by atoms with E-state index < -0.39 is 12.1 Å². The number of halogens is 4. The van der Waals surface area contributed by atoms with E-state index in [0.717, 1.165) is 28.4 Å². The van der Waals surface area contributed by atoms with Gasteiger partial charge in [0, 0.05) is 28.4 Å². The Kier molecular flexibility index (Phi) is 3.83. The maximum absolute atomic E-state index is 12.6. The number of amides is 1. The zero-order valence-electron chi connectivity index (χ0n) is 12.1. The van der Waals surface area contributed by atoms with E-state index in [0.29, 0.717) is 3.93 Å². The summed E-state index contributed by atoms with van der Waals surface area (Å²) in [5, 5.41) is 1.74. The van der Waals surface area contributed by atoms with Crippen molar-refractivity contribution in [3.63, 3.8) is 0 Å². The van der Waals surface area contributed by atoms with Crippen molar-refractivity contribution in [2.75, 3.05) is 3.93 Å². The first-order valence-electron chi connectivity index (χ1n) is 6.92. The summed E-state index contributed by atoms with van der Waals surface area (Å²) in [7, 11) is 0. The van der Waals surface area contributed by atoms with Gasteiger partial charge in [-0.1, -0.05) is 18.2 Å². The lowest BCUT2D eigenvalue weighted by atomic mass is 10.1. The number of benzene rings is 2. The van der Waals surface area contributed by atoms with Crippen LogP contribution in [0.2, 0.25) is 0 Å². The van der Waals surface area contributed by atoms with Gasteiger partial charge in [-0.3, -0.25) is 4.79 Å². The van der Waals surface area contributed by atoms with Crippen molar-refractivity contribution in [2.45, 2.75) is 19.6 Å². The Morgan fingerprint density at radius 2 is 1.78 bits per heavy atom. The summed E-state index contributed by atoms with van der Waals surface area (Å²) < 4.78 is 40.3. The van der Waals surface area contributed by atoms with Crippen molar-refractivity contribution in [1.82, 2.24) is 4.57 Å². The maximum atomic E-state index is 12.6. The predicted octanol–water partition coefficient (Wildman–Crippen LogP) is 5.02. The monoisotopic (exact) mass is 384 g/mol. The molecular formula is C16H12BrF3N2O. The minimum atomic E-state index is -4.93. The molecular weight excluding hydrogens is 373 g/mol. The van der Waals surface area contributed by atoms with Gasteiger partial charge in [0.25, 0.3) is 0 Å². The van der Waals surface area contributed by atoms with Crippen LogP contribution in [-0.2, 0) is 11.3 Å². The van der Waals surface area contributed by atoms with Crippen LogP contribution in [0.25, 0.3) is 21.8 Å². The molecule has 0 saturated carbocycles. The molecule has 0 unspecified atom stereocenters. The Hall–Kier alpha value is -2.02. The second-order valence-electron chi connectivity index (χ2n) is 5.05. The number of para-hydroxylation sites is 1. The van der Waals surface area contributed by atoms with Crippen LogP contribution in [0.4, 0.5) is 18.9 Å². The van der Waals surface area contributed by atoms with Crippen LogP contribution in [-0.4, -0.2) is 16.7 Å². The molecule has 0 fully saturated rings. The summed E-state index contributed by atoms with van der Waals surface area (Å²) >= 11 is 2.72. The first kappa shape index (κ1) is 15.9. The predicted molar refractivity (Wildman–Crippen MR) is 87.6 cm³/mol. The van der Waals surface area contributed by atoms with E-state index in [1.165, 1.54) is 6.07 Å². The number of nitrogens with zero attached hydrogens (tertiary/aromatic N) is 2. The molecule has 23 heavy (non-hydrogen) atoms. The SMILES string of the molecule is CCn1c2ccccc2c2cc(N(Br)C(=O)C(F)(F)F)ccc21. The van der Waals surface area contributed by atoms with E-state index in [1.54, 1.807) is 12.1 Å². The minimum Gasteiger partial charge on any atom is -0.341 e. The molecule has 0 spiro atoms. The van der Waals surface area contributed by atoms with Gasteiger partial charge in [-0.2, -0.15) is 13.2 Å². The average molecular weight is 385 g/mol. The highest BCUT2D eigenvalue weighted by molar-refractivity contribution is 9.10. The number of carbonyl (C=O) groups is 1. The van der Waals surface area contributed by atoms with Gasteiger partial charge in [0.05, 0.1) is 21.8 Å². The fraction of sp³-hybridized carbons (Fsp3) is 0.188. The molecule has 0 aliphatic rings. The first-order chi connectivity index (χ1) is 10.8. The molecule has 1 aromatic heterocycles. The third-order valence-electron chi connectivity index (χ3n) is 3.72. The maximum Gasteiger partial charge on any atom is 0.472 e. The van der Waals surface area contributed by atoms with Crippen LogP contribution in [0.15, 0.2) is 42.5 Å². The molecule has 1 heterocycles. The number of hydrogen-bond donors (Lipinski definition) is 0. The molecule has 0 bridgehead atoms. The number of aromatic nitrogens is 1. The van der Waals surface area contributed by atoms with Crippen LogP contribution < -0.4 is 3.93 Å². The van der Waals surface area contributed by atoms with Crippen molar-refractivity contribution >= 4 is 49.5 Å². The fourth-order valence-corrected chi connectivity index (χ4v) is 3.15. The largest absolute Gasteiger partial charge is 0.472 e. The summed E-state index contributed by atoms with van der Waals surface area (Å²) in [6, 6.07) is 12.5.